The number of ether oxygens (including phenoxy) is 2. The van der Waals surface area contributed by atoms with E-state index in [4.69, 9.17) is 9.47 Å². The number of carboxylic acid groups (broad SMARTS) is 1. The fourth-order valence-electron chi connectivity index (χ4n) is 3.45. The molecule has 1 aromatic heterocycles. The van der Waals surface area contributed by atoms with Gasteiger partial charge in [0, 0.05) is 12.3 Å². The summed E-state index contributed by atoms with van der Waals surface area (Å²) in [7, 11) is 0. The lowest BCUT2D eigenvalue weighted by Gasteiger charge is -2.09. The Hall–Kier alpha value is -4.65. The first kappa shape index (κ1) is 23.5. The molecule has 7 nitrogen and oxygen atoms in total. The molecule has 0 bridgehead atoms. The number of aromatic carboxylic acids is 1. The van der Waals surface area contributed by atoms with Gasteiger partial charge in [0.25, 0.3) is 0 Å². The second-order valence-corrected chi connectivity index (χ2v) is 7.73. The summed E-state index contributed by atoms with van der Waals surface area (Å²) >= 11 is 0. The SMILES string of the molecule is C/C=C/COc1ccc2cc(Oc3ccc(CC(=O)Nc4ccccc4C(=O)O)cn3)ccc2c1. The minimum atomic E-state index is -1.10. The van der Waals surface area contributed by atoms with Crippen LogP contribution < -0.4 is 14.8 Å². The molecular formula is C28H24N2O5. The van der Waals surface area contributed by atoms with Crippen LogP contribution in [0.15, 0.2) is 91.1 Å². The maximum absolute atomic E-state index is 12.4. The van der Waals surface area contributed by atoms with Gasteiger partial charge in [-0.15, -0.1) is 0 Å². The normalized spacial score (nSPS) is 10.9. The number of pyridine rings is 1. The number of nitrogens with zero attached hydrogens (tertiary/aromatic N) is 1. The maximum atomic E-state index is 12.4. The van der Waals surface area contributed by atoms with Gasteiger partial charge in [-0.2, -0.15) is 0 Å². The van der Waals surface area contributed by atoms with Gasteiger partial charge < -0.3 is 19.9 Å². The number of benzene rings is 3. The van der Waals surface area contributed by atoms with Crippen LogP contribution in [0, 0.1) is 0 Å². The lowest BCUT2D eigenvalue weighted by molar-refractivity contribution is -0.115. The van der Waals surface area contributed by atoms with Crippen molar-refractivity contribution >= 4 is 28.3 Å². The Balaban J connectivity index is 1.37. The summed E-state index contributed by atoms with van der Waals surface area (Å²) < 4.78 is 11.6. The fourth-order valence-corrected chi connectivity index (χ4v) is 3.45. The predicted molar refractivity (Wildman–Crippen MR) is 134 cm³/mol. The Labute approximate surface area is 202 Å². The number of hydrogen-bond acceptors (Lipinski definition) is 5. The van der Waals surface area contributed by atoms with Gasteiger partial charge in [-0.1, -0.05) is 42.5 Å². The Kier molecular flexibility index (Phi) is 7.37. The van der Waals surface area contributed by atoms with Gasteiger partial charge in [-0.3, -0.25) is 4.79 Å². The quantitative estimate of drug-likeness (QED) is 0.299. The number of anilines is 1. The van der Waals surface area contributed by atoms with Crippen LogP contribution in [-0.4, -0.2) is 28.6 Å². The third kappa shape index (κ3) is 6.23. The molecule has 4 rings (SSSR count). The van der Waals surface area contributed by atoms with Crippen LogP contribution in [0.25, 0.3) is 10.8 Å². The lowest BCUT2D eigenvalue weighted by Crippen LogP contribution is -2.16. The predicted octanol–water partition coefficient (Wildman–Crippen LogP) is 5.86. The average Bonchev–Trinajstić information content (AvgIpc) is 2.85. The molecule has 0 aliphatic heterocycles. The summed E-state index contributed by atoms with van der Waals surface area (Å²) in [4.78, 5) is 28.0. The minimum Gasteiger partial charge on any atom is -0.490 e. The zero-order valence-electron chi connectivity index (χ0n) is 19.1. The largest absolute Gasteiger partial charge is 0.490 e. The second-order valence-electron chi connectivity index (χ2n) is 7.73. The van der Waals surface area contributed by atoms with Gasteiger partial charge in [0.15, 0.2) is 0 Å². The summed E-state index contributed by atoms with van der Waals surface area (Å²) in [5.41, 5.74) is 0.966. The van der Waals surface area contributed by atoms with E-state index in [1.54, 1.807) is 36.5 Å². The number of rotatable bonds is 9. The van der Waals surface area contributed by atoms with Crippen molar-refractivity contribution in [2.75, 3.05) is 11.9 Å². The Morgan fingerprint density at radius 2 is 1.71 bits per heavy atom. The molecule has 0 saturated carbocycles. The molecular weight excluding hydrogens is 444 g/mol. The molecule has 0 unspecified atom stereocenters. The zero-order valence-corrected chi connectivity index (χ0v) is 19.1. The highest BCUT2D eigenvalue weighted by Gasteiger charge is 2.12. The number of allylic oxidation sites excluding steroid dienone is 1. The van der Waals surface area contributed by atoms with E-state index in [0.717, 1.165) is 16.5 Å². The van der Waals surface area contributed by atoms with Crippen LogP contribution in [0.2, 0.25) is 0 Å². The van der Waals surface area contributed by atoms with E-state index in [0.29, 0.717) is 23.8 Å². The van der Waals surface area contributed by atoms with E-state index in [9.17, 15) is 14.7 Å². The molecule has 3 aromatic carbocycles. The first-order chi connectivity index (χ1) is 17.0. The molecule has 0 atom stereocenters. The molecule has 2 N–H and O–H groups in total. The topological polar surface area (TPSA) is 97.8 Å². The number of aromatic nitrogens is 1. The molecule has 7 heteroatoms. The van der Waals surface area contributed by atoms with Crippen molar-refractivity contribution in [3.63, 3.8) is 0 Å². The summed E-state index contributed by atoms with van der Waals surface area (Å²) in [6, 6.07) is 21.3. The van der Waals surface area contributed by atoms with Crippen LogP contribution in [0.4, 0.5) is 5.69 Å². The Morgan fingerprint density at radius 3 is 2.43 bits per heavy atom. The van der Waals surface area contributed by atoms with Gasteiger partial charge in [-0.25, -0.2) is 9.78 Å². The number of para-hydroxylation sites is 1. The third-order valence-corrected chi connectivity index (χ3v) is 5.18. The monoisotopic (exact) mass is 468 g/mol. The molecule has 0 saturated heterocycles. The highest BCUT2D eigenvalue weighted by molar-refractivity contribution is 6.01. The standard InChI is InChI=1S/C28H24N2O5/c1-2-3-14-34-22-11-9-21-17-23(12-10-20(21)16-22)35-27-13-8-19(18-29-27)15-26(31)30-25-7-5-4-6-24(25)28(32)33/h2-13,16-18H,14-15H2,1H3,(H,30,31)(H,32,33)/b3-2+. The van der Waals surface area contributed by atoms with Gasteiger partial charge in [0.2, 0.25) is 11.8 Å². The van der Waals surface area contributed by atoms with Gasteiger partial charge >= 0.3 is 5.97 Å². The highest BCUT2D eigenvalue weighted by Crippen LogP contribution is 2.27. The van der Waals surface area contributed by atoms with Crippen LogP contribution in [0.1, 0.15) is 22.8 Å². The molecule has 1 heterocycles. The lowest BCUT2D eigenvalue weighted by atomic mass is 10.1. The molecule has 0 fully saturated rings. The van der Waals surface area contributed by atoms with Crippen molar-refractivity contribution in [3.05, 3.63) is 102 Å². The summed E-state index contributed by atoms with van der Waals surface area (Å²) in [6.07, 6.45) is 5.51. The van der Waals surface area contributed by atoms with Crippen molar-refractivity contribution in [3.8, 4) is 17.4 Å². The van der Waals surface area contributed by atoms with E-state index < -0.39 is 5.97 Å². The van der Waals surface area contributed by atoms with Gasteiger partial charge in [0.05, 0.1) is 17.7 Å². The van der Waals surface area contributed by atoms with E-state index in [2.05, 4.69) is 10.3 Å². The first-order valence-electron chi connectivity index (χ1n) is 11.0. The molecule has 1 amide bonds. The molecule has 4 aromatic rings. The van der Waals surface area contributed by atoms with E-state index in [1.807, 2.05) is 55.5 Å². The number of carboxylic acids is 1. The number of hydrogen-bond donors (Lipinski definition) is 2. The second kappa shape index (κ2) is 11.0. The van der Waals surface area contributed by atoms with E-state index in [-0.39, 0.29) is 23.6 Å². The third-order valence-electron chi connectivity index (χ3n) is 5.18. The Morgan fingerprint density at radius 1 is 0.971 bits per heavy atom. The van der Waals surface area contributed by atoms with Crippen LogP contribution >= 0.6 is 0 Å². The van der Waals surface area contributed by atoms with Crippen molar-refractivity contribution in [2.45, 2.75) is 13.3 Å². The number of amides is 1. The Bertz CT molecular complexity index is 1380. The smallest absolute Gasteiger partial charge is 0.337 e. The van der Waals surface area contributed by atoms with Crippen LogP contribution in [-0.2, 0) is 11.2 Å². The molecule has 0 radical (unpaired) electrons. The molecule has 176 valence electrons. The van der Waals surface area contributed by atoms with E-state index >= 15 is 0 Å². The number of fused-ring (bicyclic) bond motifs is 1. The van der Waals surface area contributed by atoms with Crippen molar-refractivity contribution in [2.24, 2.45) is 0 Å². The number of carbonyl (C=O) groups excluding carboxylic acids is 1. The minimum absolute atomic E-state index is 0.0375. The fraction of sp³-hybridized carbons (Fsp3) is 0.107. The van der Waals surface area contributed by atoms with Crippen molar-refractivity contribution in [1.82, 2.24) is 4.98 Å². The summed E-state index contributed by atoms with van der Waals surface area (Å²) in [5, 5.41) is 13.9. The molecule has 0 aliphatic carbocycles. The average molecular weight is 469 g/mol. The maximum Gasteiger partial charge on any atom is 0.337 e. The molecule has 0 aliphatic rings. The van der Waals surface area contributed by atoms with Crippen molar-refractivity contribution in [1.29, 1.82) is 0 Å². The van der Waals surface area contributed by atoms with Gasteiger partial charge in [-0.05, 0) is 59.7 Å². The summed E-state index contributed by atoms with van der Waals surface area (Å²) in [6.45, 7) is 2.48. The first-order valence-corrected chi connectivity index (χ1v) is 11.0. The van der Waals surface area contributed by atoms with E-state index in [1.165, 1.54) is 6.07 Å². The zero-order chi connectivity index (χ0) is 24.6. The summed E-state index contributed by atoms with van der Waals surface area (Å²) in [5.74, 6) is 0.407. The van der Waals surface area contributed by atoms with Crippen LogP contribution in [0.5, 0.6) is 17.4 Å². The molecule has 35 heavy (non-hydrogen) atoms. The molecule has 0 spiro atoms. The highest BCUT2D eigenvalue weighted by atomic mass is 16.5. The number of nitrogens with one attached hydrogen (secondary N) is 1. The number of carbonyl (C=O) groups is 2. The van der Waals surface area contributed by atoms with Crippen molar-refractivity contribution < 1.29 is 24.2 Å². The van der Waals surface area contributed by atoms with Gasteiger partial charge in [0.1, 0.15) is 18.1 Å². The van der Waals surface area contributed by atoms with Crippen LogP contribution in [0.3, 0.4) is 0 Å².